The molecule has 3 atom stereocenters. The van der Waals surface area contributed by atoms with E-state index < -0.39 is 35.1 Å². The third-order valence-electron chi connectivity index (χ3n) is 6.39. The summed E-state index contributed by atoms with van der Waals surface area (Å²) in [4.78, 5) is 18.4. The van der Waals surface area contributed by atoms with Crippen molar-refractivity contribution < 1.29 is 22.7 Å². The van der Waals surface area contributed by atoms with Gasteiger partial charge in [0.05, 0.1) is 17.5 Å². The van der Waals surface area contributed by atoms with E-state index in [0.29, 0.717) is 35.8 Å². The van der Waals surface area contributed by atoms with Crippen molar-refractivity contribution in [2.45, 2.75) is 39.2 Å². The fourth-order valence-electron chi connectivity index (χ4n) is 4.46. The van der Waals surface area contributed by atoms with Gasteiger partial charge in [-0.2, -0.15) is 24.0 Å². The lowest BCUT2D eigenvalue weighted by Gasteiger charge is -2.41. The molecule has 0 saturated carbocycles. The van der Waals surface area contributed by atoms with Gasteiger partial charge >= 0.3 is 0 Å². The predicted molar refractivity (Wildman–Crippen MR) is 124 cm³/mol. The van der Waals surface area contributed by atoms with Crippen molar-refractivity contribution >= 4 is 17.5 Å². The number of likely N-dealkylation sites (tertiary alicyclic amines) is 1. The summed E-state index contributed by atoms with van der Waals surface area (Å²) in [5, 5.41) is 8.33. The smallest absolute Gasteiger partial charge is 0.256 e. The SMILES string of the molecule is Cc1cc(C(=O)N2CC[C@H]([C@H](C)Oc3nc(F)c(C)c(F)c3F)[C@@H](c3ccc(Cl)cc3)C2)cnn1. The summed E-state index contributed by atoms with van der Waals surface area (Å²) < 4.78 is 48.1. The first kappa shape index (κ1) is 24.9. The number of ether oxygens (including phenoxy) is 1. The van der Waals surface area contributed by atoms with Crippen LogP contribution >= 0.6 is 11.6 Å². The van der Waals surface area contributed by atoms with Gasteiger partial charge in [0.15, 0.2) is 5.82 Å². The summed E-state index contributed by atoms with van der Waals surface area (Å²) in [7, 11) is 0. The first-order chi connectivity index (χ1) is 16.7. The molecule has 0 N–H and O–H groups in total. The van der Waals surface area contributed by atoms with Gasteiger partial charge in [-0.3, -0.25) is 4.79 Å². The van der Waals surface area contributed by atoms with Crippen molar-refractivity contribution in [3.8, 4) is 5.88 Å². The number of aromatic nitrogens is 3. The second kappa shape index (κ2) is 10.2. The number of carbonyl (C=O) groups is 1. The maximum absolute atomic E-state index is 14.4. The number of piperidine rings is 1. The van der Waals surface area contributed by atoms with Gasteiger partial charge < -0.3 is 9.64 Å². The van der Waals surface area contributed by atoms with Crippen LogP contribution in [-0.2, 0) is 0 Å². The topological polar surface area (TPSA) is 68.2 Å². The zero-order chi connectivity index (χ0) is 25.3. The molecule has 184 valence electrons. The Morgan fingerprint density at radius 3 is 2.57 bits per heavy atom. The van der Waals surface area contributed by atoms with Crippen LogP contribution in [0.5, 0.6) is 5.88 Å². The summed E-state index contributed by atoms with van der Waals surface area (Å²) in [6.07, 6.45) is 1.29. The molecule has 1 aliphatic rings. The number of rotatable bonds is 5. The molecule has 0 aliphatic carbocycles. The molecule has 1 saturated heterocycles. The Labute approximate surface area is 206 Å². The van der Waals surface area contributed by atoms with Crippen molar-refractivity contribution in [1.29, 1.82) is 0 Å². The highest BCUT2D eigenvalue weighted by atomic mass is 35.5. The van der Waals surface area contributed by atoms with Crippen LogP contribution in [-0.4, -0.2) is 45.2 Å². The Hall–Kier alpha value is -3.20. The summed E-state index contributed by atoms with van der Waals surface area (Å²) in [6, 6.07) is 8.91. The molecular weight excluding hydrogens is 481 g/mol. The minimum absolute atomic E-state index is 0.177. The average Bonchev–Trinajstić information content (AvgIpc) is 2.85. The van der Waals surface area contributed by atoms with Crippen molar-refractivity contribution in [1.82, 2.24) is 20.1 Å². The van der Waals surface area contributed by atoms with Crippen LogP contribution in [0.3, 0.4) is 0 Å². The molecule has 1 fully saturated rings. The number of benzene rings is 1. The Morgan fingerprint density at radius 1 is 1.17 bits per heavy atom. The second-order valence-corrected chi connectivity index (χ2v) is 9.17. The maximum atomic E-state index is 14.4. The van der Waals surface area contributed by atoms with Crippen LogP contribution < -0.4 is 4.74 Å². The minimum atomic E-state index is -1.33. The van der Waals surface area contributed by atoms with E-state index in [1.165, 1.54) is 6.20 Å². The fraction of sp³-hybridized carbons (Fsp3) is 0.360. The van der Waals surface area contributed by atoms with Crippen LogP contribution in [0, 0.1) is 37.3 Å². The van der Waals surface area contributed by atoms with Gasteiger partial charge in [-0.05, 0) is 51.0 Å². The van der Waals surface area contributed by atoms with E-state index >= 15 is 0 Å². The van der Waals surface area contributed by atoms with Crippen molar-refractivity contribution in [3.63, 3.8) is 0 Å². The molecule has 35 heavy (non-hydrogen) atoms. The number of hydrogen-bond acceptors (Lipinski definition) is 5. The summed E-state index contributed by atoms with van der Waals surface area (Å²) in [6.45, 7) is 5.34. The van der Waals surface area contributed by atoms with Crippen LogP contribution in [0.1, 0.15) is 46.4 Å². The van der Waals surface area contributed by atoms with Gasteiger partial charge in [0, 0.05) is 35.5 Å². The zero-order valence-corrected chi connectivity index (χ0v) is 20.2. The van der Waals surface area contributed by atoms with E-state index in [2.05, 4.69) is 15.2 Å². The largest absolute Gasteiger partial charge is 0.472 e. The molecular formula is C25H24ClF3N4O2. The Balaban J connectivity index is 1.61. The Morgan fingerprint density at radius 2 is 1.89 bits per heavy atom. The highest BCUT2D eigenvalue weighted by molar-refractivity contribution is 6.30. The third kappa shape index (κ3) is 5.24. The molecule has 6 nitrogen and oxygen atoms in total. The number of halogens is 4. The average molecular weight is 505 g/mol. The monoisotopic (exact) mass is 504 g/mol. The number of pyridine rings is 1. The molecule has 0 spiro atoms. The highest BCUT2D eigenvalue weighted by Crippen LogP contribution is 2.37. The normalized spacial score (nSPS) is 18.9. The van der Waals surface area contributed by atoms with Gasteiger partial charge in [0.2, 0.25) is 11.8 Å². The number of carbonyl (C=O) groups excluding carboxylic acids is 1. The molecule has 1 amide bonds. The van der Waals surface area contributed by atoms with Gasteiger partial charge in [0.1, 0.15) is 6.10 Å². The van der Waals surface area contributed by atoms with Gasteiger partial charge in [-0.25, -0.2) is 4.39 Å². The lowest BCUT2D eigenvalue weighted by molar-refractivity contribution is 0.0468. The minimum Gasteiger partial charge on any atom is -0.472 e. The Kier molecular flexibility index (Phi) is 7.25. The molecule has 3 aromatic rings. The molecule has 1 aromatic carbocycles. The van der Waals surface area contributed by atoms with Crippen LogP contribution in [0.2, 0.25) is 5.02 Å². The second-order valence-electron chi connectivity index (χ2n) is 8.73. The molecule has 3 heterocycles. The highest BCUT2D eigenvalue weighted by Gasteiger charge is 2.37. The van der Waals surface area contributed by atoms with E-state index in [0.717, 1.165) is 12.5 Å². The molecule has 1 aliphatic heterocycles. The first-order valence-electron chi connectivity index (χ1n) is 11.2. The van der Waals surface area contributed by atoms with E-state index in [1.807, 2.05) is 12.1 Å². The predicted octanol–water partition coefficient (Wildman–Crippen LogP) is 5.27. The number of aryl methyl sites for hydroxylation is 1. The fourth-order valence-corrected chi connectivity index (χ4v) is 4.59. The van der Waals surface area contributed by atoms with Crippen LogP contribution in [0.4, 0.5) is 13.2 Å². The van der Waals surface area contributed by atoms with E-state index in [4.69, 9.17) is 16.3 Å². The van der Waals surface area contributed by atoms with Crippen LogP contribution in [0.15, 0.2) is 36.5 Å². The third-order valence-corrected chi connectivity index (χ3v) is 6.65. The van der Waals surface area contributed by atoms with E-state index in [9.17, 15) is 18.0 Å². The first-order valence-corrected chi connectivity index (χ1v) is 11.5. The van der Waals surface area contributed by atoms with Crippen molar-refractivity contribution in [3.05, 3.63) is 81.5 Å². The molecule has 0 radical (unpaired) electrons. The summed E-state index contributed by atoms with van der Waals surface area (Å²) >= 11 is 6.07. The summed E-state index contributed by atoms with van der Waals surface area (Å²) in [5.41, 5.74) is 1.47. The molecule has 0 bridgehead atoms. The van der Waals surface area contributed by atoms with Gasteiger partial charge in [0.25, 0.3) is 11.8 Å². The van der Waals surface area contributed by atoms with Gasteiger partial charge in [-0.1, -0.05) is 23.7 Å². The standard InChI is InChI=1S/C25H24ClF3N4O2/c1-13-10-17(11-30-32-13)25(34)33-9-8-19(20(12-33)16-4-6-18(26)7-5-16)15(3)35-24-22(28)21(27)14(2)23(29)31-24/h4-7,10-11,15,19-20H,8-9,12H2,1-3H3/t15-,19+,20+/m0/s1. The molecule has 0 unspecified atom stereocenters. The van der Waals surface area contributed by atoms with E-state index in [-0.39, 0.29) is 17.7 Å². The summed E-state index contributed by atoms with van der Waals surface area (Å²) in [5.74, 6) is -5.08. The lowest BCUT2D eigenvalue weighted by Crippen LogP contribution is -2.46. The number of amides is 1. The van der Waals surface area contributed by atoms with Crippen molar-refractivity contribution in [2.24, 2.45) is 5.92 Å². The quantitative estimate of drug-likeness (QED) is 0.443. The van der Waals surface area contributed by atoms with Crippen molar-refractivity contribution in [2.75, 3.05) is 13.1 Å². The zero-order valence-electron chi connectivity index (χ0n) is 19.4. The molecule has 2 aromatic heterocycles. The molecule has 10 heteroatoms. The molecule has 4 rings (SSSR count). The number of nitrogens with zero attached hydrogens (tertiary/aromatic N) is 4. The maximum Gasteiger partial charge on any atom is 0.256 e. The Bertz CT molecular complexity index is 1240. The van der Waals surface area contributed by atoms with Gasteiger partial charge in [-0.15, -0.1) is 0 Å². The van der Waals surface area contributed by atoms with Crippen LogP contribution in [0.25, 0.3) is 0 Å². The lowest BCUT2D eigenvalue weighted by atomic mass is 9.77. The number of hydrogen-bond donors (Lipinski definition) is 0. The van der Waals surface area contributed by atoms with E-state index in [1.54, 1.807) is 36.9 Å².